The summed E-state index contributed by atoms with van der Waals surface area (Å²) in [5.41, 5.74) is 9.84. The number of anilines is 2. The van der Waals surface area contributed by atoms with Gasteiger partial charge in [-0.2, -0.15) is 0 Å². The van der Waals surface area contributed by atoms with Crippen LogP contribution in [0.25, 0.3) is 0 Å². The maximum Gasteiger partial charge on any atom is 1.00 e. The number of nitrogens with zero attached hydrogens (tertiary/aromatic N) is 2. The molecule has 0 aliphatic carbocycles. The standard InChI is InChI=1S/C5H5ClN4O2.Li/c6-2-4(8)10-3(7)1(9-2)5(11)12;/h(H,11,12)(H4,7,8,10);/q;+1/p-1. The topological polar surface area (TPSA) is 118 Å². The molecule has 1 heterocycles. The van der Waals surface area contributed by atoms with E-state index in [1.807, 2.05) is 0 Å². The van der Waals surface area contributed by atoms with Crippen molar-refractivity contribution < 1.29 is 28.8 Å². The molecule has 0 radical (unpaired) electrons. The predicted octanol–water partition coefficient (Wildman–Crippen LogP) is -4.34. The second-order valence-electron chi connectivity index (χ2n) is 1.92. The number of carboxylic acids is 1. The van der Waals surface area contributed by atoms with E-state index < -0.39 is 11.7 Å². The Balaban J connectivity index is 0.00000144. The predicted molar refractivity (Wildman–Crippen MR) is 40.2 cm³/mol. The zero-order valence-electron chi connectivity index (χ0n) is 6.74. The number of carbonyl (C=O) groups is 1. The smallest absolute Gasteiger partial charge is 0.543 e. The van der Waals surface area contributed by atoms with E-state index in [1.54, 1.807) is 0 Å². The van der Waals surface area contributed by atoms with Crippen LogP contribution in [0.2, 0.25) is 5.15 Å². The number of halogens is 1. The largest absolute Gasteiger partial charge is 1.00 e. The molecule has 4 N–H and O–H groups in total. The molecule has 0 saturated heterocycles. The molecule has 0 bridgehead atoms. The average Bonchev–Trinajstić information content (AvgIpc) is 1.96. The SMILES string of the molecule is Nc1nc(N)c(C(=O)[O-])nc1Cl.[Li+]. The molecule has 0 aromatic carbocycles. The molecule has 0 atom stereocenters. The second kappa shape index (κ2) is 4.32. The van der Waals surface area contributed by atoms with Crippen LogP contribution in [0.15, 0.2) is 0 Å². The molecule has 8 heteroatoms. The van der Waals surface area contributed by atoms with E-state index in [9.17, 15) is 9.90 Å². The minimum absolute atomic E-state index is 0. The van der Waals surface area contributed by atoms with E-state index in [0.29, 0.717) is 0 Å². The number of aromatic nitrogens is 2. The summed E-state index contributed by atoms with van der Waals surface area (Å²) in [5, 5.41) is 10.1. The van der Waals surface area contributed by atoms with Gasteiger partial charge in [0, 0.05) is 0 Å². The first-order valence-electron chi connectivity index (χ1n) is 2.82. The molecular formula is C5H4ClLiN4O2. The van der Waals surface area contributed by atoms with Crippen molar-refractivity contribution in [2.24, 2.45) is 0 Å². The molecule has 1 aromatic heterocycles. The quantitative estimate of drug-likeness (QED) is 0.437. The van der Waals surface area contributed by atoms with Gasteiger partial charge in [0.05, 0.1) is 5.97 Å². The number of aromatic carboxylic acids is 1. The molecule has 64 valence electrons. The summed E-state index contributed by atoms with van der Waals surface area (Å²) in [6, 6.07) is 0. The third-order valence-electron chi connectivity index (χ3n) is 1.10. The monoisotopic (exact) mass is 194 g/mol. The molecule has 13 heavy (non-hydrogen) atoms. The normalized spacial score (nSPS) is 9.00. The van der Waals surface area contributed by atoms with Gasteiger partial charge in [-0.25, -0.2) is 9.97 Å². The van der Waals surface area contributed by atoms with Crippen LogP contribution in [0.4, 0.5) is 11.6 Å². The maximum absolute atomic E-state index is 10.3. The van der Waals surface area contributed by atoms with Gasteiger partial charge in [0.2, 0.25) is 0 Å². The van der Waals surface area contributed by atoms with Crippen molar-refractivity contribution in [3.8, 4) is 0 Å². The third kappa shape index (κ3) is 2.49. The van der Waals surface area contributed by atoms with Crippen LogP contribution in [0.5, 0.6) is 0 Å². The van der Waals surface area contributed by atoms with E-state index >= 15 is 0 Å². The Hall–Kier alpha value is -0.963. The summed E-state index contributed by atoms with van der Waals surface area (Å²) in [6.45, 7) is 0. The van der Waals surface area contributed by atoms with Crippen LogP contribution in [-0.2, 0) is 0 Å². The van der Waals surface area contributed by atoms with Crippen molar-refractivity contribution in [3.05, 3.63) is 10.8 Å². The molecule has 0 fully saturated rings. The molecule has 0 unspecified atom stereocenters. The van der Waals surface area contributed by atoms with Gasteiger partial charge < -0.3 is 21.4 Å². The fraction of sp³-hybridized carbons (Fsp3) is 0. The van der Waals surface area contributed by atoms with Crippen LogP contribution < -0.4 is 35.4 Å². The first kappa shape index (κ1) is 12.0. The van der Waals surface area contributed by atoms with Crippen molar-refractivity contribution in [1.82, 2.24) is 9.97 Å². The second-order valence-corrected chi connectivity index (χ2v) is 2.28. The van der Waals surface area contributed by atoms with Crippen LogP contribution in [0, 0.1) is 0 Å². The number of nitrogen functional groups attached to an aromatic ring is 2. The Kier molecular flexibility index (Phi) is 4.00. The minimum atomic E-state index is -1.54. The van der Waals surface area contributed by atoms with E-state index in [1.165, 1.54) is 0 Å². The van der Waals surface area contributed by atoms with Crippen molar-refractivity contribution >= 4 is 29.2 Å². The molecule has 0 amide bonds. The Morgan fingerprint density at radius 3 is 2.31 bits per heavy atom. The van der Waals surface area contributed by atoms with Gasteiger partial charge in [-0.1, -0.05) is 11.6 Å². The number of rotatable bonds is 1. The summed E-state index contributed by atoms with van der Waals surface area (Å²) < 4.78 is 0. The zero-order valence-corrected chi connectivity index (χ0v) is 7.50. The average molecular weight is 195 g/mol. The van der Waals surface area contributed by atoms with Crippen molar-refractivity contribution in [2.45, 2.75) is 0 Å². The van der Waals surface area contributed by atoms with Crippen LogP contribution in [0.3, 0.4) is 0 Å². The van der Waals surface area contributed by atoms with Gasteiger partial charge in [0.15, 0.2) is 16.8 Å². The number of hydrogen-bond acceptors (Lipinski definition) is 6. The number of nitrogens with two attached hydrogens (primary N) is 2. The first-order chi connectivity index (χ1) is 5.52. The fourth-order valence-electron chi connectivity index (χ4n) is 0.592. The summed E-state index contributed by atoms with van der Waals surface area (Å²) in [4.78, 5) is 17.1. The fourth-order valence-corrected chi connectivity index (χ4v) is 0.719. The van der Waals surface area contributed by atoms with Gasteiger partial charge in [0.1, 0.15) is 5.69 Å². The molecule has 0 spiro atoms. The molecule has 0 saturated carbocycles. The molecule has 0 aliphatic heterocycles. The number of hydrogen-bond donors (Lipinski definition) is 2. The van der Waals surface area contributed by atoms with Crippen molar-refractivity contribution in [3.63, 3.8) is 0 Å². The minimum Gasteiger partial charge on any atom is -0.543 e. The molecule has 1 rings (SSSR count). The maximum atomic E-state index is 10.3. The Morgan fingerprint density at radius 1 is 1.31 bits per heavy atom. The molecule has 1 aromatic rings. The van der Waals surface area contributed by atoms with Crippen LogP contribution >= 0.6 is 11.6 Å². The van der Waals surface area contributed by atoms with Crippen LogP contribution in [0.1, 0.15) is 10.5 Å². The number of carbonyl (C=O) groups excluding carboxylic acids is 1. The van der Waals surface area contributed by atoms with Gasteiger partial charge >= 0.3 is 18.9 Å². The van der Waals surface area contributed by atoms with E-state index in [4.69, 9.17) is 23.1 Å². The summed E-state index contributed by atoms with van der Waals surface area (Å²) in [7, 11) is 0. The third-order valence-corrected chi connectivity index (χ3v) is 1.38. The van der Waals surface area contributed by atoms with E-state index in [0.717, 1.165) is 0 Å². The van der Waals surface area contributed by atoms with E-state index in [-0.39, 0.29) is 35.6 Å². The Labute approximate surface area is 90.5 Å². The van der Waals surface area contributed by atoms with Gasteiger partial charge in [-0.05, 0) is 0 Å². The zero-order chi connectivity index (χ0) is 9.30. The first-order valence-corrected chi connectivity index (χ1v) is 3.20. The Bertz CT molecular complexity index is 346. The van der Waals surface area contributed by atoms with Gasteiger partial charge in [-0.3, -0.25) is 0 Å². The molecular weight excluding hydrogens is 190 g/mol. The Morgan fingerprint density at radius 2 is 1.85 bits per heavy atom. The summed E-state index contributed by atoms with van der Waals surface area (Å²) >= 11 is 5.38. The van der Waals surface area contributed by atoms with Crippen molar-refractivity contribution in [2.75, 3.05) is 11.5 Å². The number of carboxylic acid groups (broad SMARTS) is 1. The summed E-state index contributed by atoms with van der Waals surface area (Å²) in [6.07, 6.45) is 0. The van der Waals surface area contributed by atoms with Gasteiger partial charge in [-0.15, -0.1) is 0 Å². The van der Waals surface area contributed by atoms with Crippen molar-refractivity contribution in [1.29, 1.82) is 0 Å². The van der Waals surface area contributed by atoms with Gasteiger partial charge in [0.25, 0.3) is 0 Å². The van der Waals surface area contributed by atoms with Crippen LogP contribution in [-0.4, -0.2) is 15.9 Å². The molecule has 0 aliphatic rings. The summed E-state index contributed by atoms with van der Waals surface area (Å²) in [5.74, 6) is -1.96. The van der Waals surface area contributed by atoms with E-state index in [2.05, 4.69) is 9.97 Å². The molecule has 6 nitrogen and oxygen atoms in total.